The van der Waals surface area contributed by atoms with Crippen molar-refractivity contribution in [1.29, 1.82) is 0 Å². The highest BCUT2D eigenvalue weighted by Gasteiger charge is 2.33. The lowest BCUT2D eigenvalue weighted by atomic mass is 10.0. The summed E-state index contributed by atoms with van der Waals surface area (Å²) in [6.07, 6.45) is 1.58. The highest BCUT2D eigenvalue weighted by molar-refractivity contribution is 5.89. The van der Waals surface area contributed by atoms with Crippen LogP contribution in [0.15, 0.2) is 17.1 Å². The number of aromatic amines is 1. The van der Waals surface area contributed by atoms with Crippen LogP contribution in [0.25, 0.3) is 10.9 Å². The molecule has 0 bridgehead atoms. The summed E-state index contributed by atoms with van der Waals surface area (Å²) in [5.74, 6) is -0.579. The van der Waals surface area contributed by atoms with Crippen molar-refractivity contribution in [2.75, 3.05) is 38.1 Å². The van der Waals surface area contributed by atoms with E-state index in [1.165, 1.54) is 12.3 Å². The smallest absolute Gasteiger partial charge is 0.449 e. The first-order valence-corrected chi connectivity index (χ1v) is 8.67. The summed E-state index contributed by atoms with van der Waals surface area (Å²) in [4.78, 5) is 30.5. The summed E-state index contributed by atoms with van der Waals surface area (Å²) in [7, 11) is 2.04. The van der Waals surface area contributed by atoms with Crippen molar-refractivity contribution in [3.8, 4) is 5.75 Å². The number of benzene rings is 1. The molecule has 0 unspecified atom stereocenters. The lowest BCUT2D eigenvalue weighted by molar-refractivity contribution is 0.144. The SMILES string of the molecule is CN1CCN(c2c(F)cc3c(=O)c(OC(=O)O)c[nH]c3c2C2CC2)CC1. The van der Waals surface area contributed by atoms with Gasteiger partial charge < -0.3 is 24.6 Å². The normalized spacial score (nSPS) is 18.3. The average molecular weight is 361 g/mol. The molecule has 1 aliphatic heterocycles. The molecule has 138 valence electrons. The van der Waals surface area contributed by atoms with Crippen LogP contribution in [0, 0.1) is 5.82 Å². The number of rotatable bonds is 3. The van der Waals surface area contributed by atoms with Gasteiger partial charge in [0, 0.05) is 37.9 Å². The second kappa shape index (κ2) is 6.28. The zero-order chi connectivity index (χ0) is 18.4. The molecule has 2 aromatic rings. The van der Waals surface area contributed by atoms with Crippen LogP contribution in [0.4, 0.5) is 14.9 Å². The second-order valence-electron chi connectivity index (χ2n) is 6.96. The first kappa shape index (κ1) is 16.8. The average Bonchev–Trinajstić information content (AvgIpc) is 3.42. The van der Waals surface area contributed by atoms with E-state index in [0.29, 0.717) is 11.2 Å². The highest BCUT2D eigenvalue weighted by atomic mass is 19.1. The standard InChI is InChI=1S/C18H20FN3O4/c1-21-4-6-22(7-5-21)16-12(19)8-11-15(14(16)10-2-3-10)20-9-13(17(11)23)26-18(24)25/h8-10H,2-7H2,1H3,(H,20,23)(H,24,25). The van der Waals surface area contributed by atoms with Crippen LogP contribution in [0.1, 0.15) is 24.3 Å². The van der Waals surface area contributed by atoms with E-state index in [-0.39, 0.29) is 17.1 Å². The van der Waals surface area contributed by atoms with Gasteiger partial charge in [-0.3, -0.25) is 4.79 Å². The van der Waals surface area contributed by atoms with Crippen LogP contribution in [0.3, 0.4) is 0 Å². The number of anilines is 1. The van der Waals surface area contributed by atoms with Crippen molar-refractivity contribution in [2.24, 2.45) is 0 Å². The number of hydrogen-bond donors (Lipinski definition) is 2. The Morgan fingerprint density at radius 3 is 2.62 bits per heavy atom. The summed E-state index contributed by atoms with van der Waals surface area (Å²) >= 11 is 0. The number of carboxylic acid groups (broad SMARTS) is 1. The Balaban J connectivity index is 1.88. The molecule has 0 spiro atoms. The van der Waals surface area contributed by atoms with E-state index in [1.807, 2.05) is 11.9 Å². The van der Waals surface area contributed by atoms with Gasteiger partial charge in [0.15, 0.2) is 5.75 Å². The fourth-order valence-corrected chi connectivity index (χ4v) is 3.62. The molecule has 1 aromatic heterocycles. The summed E-state index contributed by atoms with van der Waals surface area (Å²) in [6, 6.07) is 1.20. The maximum absolute atomic E-state index is 15.1. The zero-order valence-corrected chi connectivity index (χ0v) is 14.4. The Labute approximate surface area is 149 Å². The van der Waals surface area contributed by atoms with Gasteiger partial charge in [-0.05, 0) is 31.9 Å². The first-order chi connectivity index (χ1) is 12.5. The van der Waals surface area contributed by atoms with E-state index in [2.05, 4.69) is 14.6 Å². The molecule has 1 aromatic carbocycles. The van der Waals surface area contributed by atoms with Crippen LogP contribution in [0.5, 0.6) is 5.75 Å². The molecule has 4 rings (SSSR count). The second-order valence-corrected chi connectivity index (χ2v) is 6.96. The third-order valence-corrected chi connectivity index (χ3v) is 5.11. The quantitative estimate of drug-likeness (QED) is 0.817. The number of H-pyrrole nitrogens is 1. The van der Waals surface area contributed by atoms with E-state index in [0.717, 1.165) is 44.6 Å². The van der Waals surface area contributed by atoms with Crippen molar-refractivity contribution in [3.63, 3.8) is 0 Å². The molecular weight excluding hydrogens is 341 g/mol. The Bertz CT molecular complexity index is 930. The summed E-state index contributed by atoms with van der Waals surface area (Å²) in [5.41, 5.74) is 1.34. The van der Waals surface area contributed by atoms with Crippen LogP contribution in [0.2, 0.25) is 0 Å². The number of ether oxygens (including phenoxy) is 1. The van der Waals surface area contributed by atoms with E-state index in [4.69, 9.17) is 5.11 Å². The lowest BCUT2D eigenvalue weighted by Gasteiger charge is -2.35. The molecule has 2 aliphatic rings. The van der Waals surface area contributed by atoms with Crippen LogP contribution in [-0.2, 0) is 0 Å². The minimum Gasteiger partial charge on any atom is -0.449 e. The number of carbonyl (C=O) groups is 1. The molecule has 8 heteroatoms. The number of hydrogen-bond acceptors (Lipinski definition) is 5. The van der Waals surface area contributed by atoms with Crippen molar-refractivity contribution < 1.29 is 19.0 Å². The molecule has 26 heavy (non-hydrogen) atoms. The minimum absolute atomic E-state index is 0.126. The predicted octanol–water partition coefficient (Wildman–Crippen LogP) is 2.35. The van der Waals surface area contributed by atoms with Gasteiger partial charge >= 0.3 is 6.16 Å². The van der Waals surface area contributed by atoms with Crippen LogP contribution >= 0.6 is 0 Å². The third-order valence-electron chi connectivity index (χ3n) is 5.11. The van der Waals surface area contributed by atoms with Crippen molar-refractivity contribution in [3.05, 3.63) is 33.9 Å². The Morgan fingerprint density at radius 2 is 2.00 bits per heavy atom. The van der Waals surface area contributed by atoms with E-state index in [1.54, 1.807) is 0 Å². The van der Waals surface area contributed by atoms with Gasteiger partial charge in [-0.2, -0.15) is 0 Å². The topological polar surface area (TPSA) is 85.9 Å². The van der Waals surface area contributed by atoms with Gasteiger partial charge in [0.1, 0.15) is 5.82 Å². The van der Waals surface area contributed by atoms with Crippen molar-refractivity contribution in [1.82, 2.24) is 9.88 Å². The highest BCUT2D eigenvalue weighted by Crippen LogP contribution is 2.48. The molecular formula is C18H20FN3O4. The number of aromatic nitrogens is 1. The molecule has 2 fully saturated rings. The monoisotopic (exact) mass is 361 g/mol. The van der Waals surface area contributed by atoms with Gasteiger partial charge in [0.25, 0.3) is 0 Å². The van der Waals surface area contributed by atoms with Crippen LogP contribution in [-0.4, -0.2) is 54.4 Å². The van der Waals surface area contributed by atoms with Crippen molar-refractivity contribution >= 4 is 22.7 Å². The molecule has 7 nitrogen and oxygen atoms in total. The summed E-state index contributed by atoms with van der Waals surface area (Å²) in [5, 5.41) is 8.87. The maximum Gasteiger partial charge on any atom is 0.511 e. The number of fused-ring (bicyclic) bond motifs is 1. The molecule has 2 heterocycles. The molecule has 0 radical (unpaired) electrons. The summed E-state index contributed by atoms with van der Waals surface area (Å²) in [6.45, 7) is 3.15. The molecule has 0 atom stereocenters. The number of piperazine rings is 1. The first-order valence-electron chi connectivity index (χ1n) is 8.67. The Kier molecular flexibility index (Phi) is 4.07. The Morgan fingerprint density at radius 1 is 1.31 bits per heavy atom. The van der Waals surface area contributed by atoms with E-state index >= 15 is 4.39 Å². The summed E-state index contributed by atoms with van der Waals surface area (Å²) < 4.78 is 19.6. The molecule has 1 saturated heterocycles. The number of nitrogens with zero attached hydrogens (tertiary/aromatic N) is 2. The fourth-order valence-electron chi connectivity index (χ4n) is 3.62. The largest absolute Gasteiger partial charge is 0.511 e. The fraction of sp³-hybridized carbons (Fsp3) is 0.444. The zero-order valence-electron chi connectivity index (χ0n) is 14.4. The van der Waals surface area contributed by atoms with Crippen molar-refractivity contribution in [2.45, 2.75) is 18.8 Å². The van der Waals surface area contributed by atoms with Crippen LogP contribution < -0.4 is 15.1 Å². The van der Waals surface area contributed by atoms with Gasteiger partial charge in [0.2, 0.25) is 5.43 Å². The number of halogens is 1. The minimum atomic E-state index is -1.58. The molecule has 1 saturated carbocycles. The molecule has 0 amide bonds. The number of likely N-dealkylation sites (N-methyl/N-ethyl adjacent to an activating group) is 1. The van der Waals surface area contributed by atoms with E-state index < -0.39 is 17.4 Å². The van der Waals surface area contributed by atoms with Gasteiger partial charge in [-0.25, -0.2) is 9.18 Å². The van der Waals surface area contributed by atoms with Gasteiger partial charge in [0.05, 0.1) is 16.6 Å². The third kappa shape index (κ3) is 2.90. The Hall–Kier alpha value is -2.61. The maximum atomic E-state index is 15.1. The van der Waals surface area contributed by atoms with E-state index in [9.17, 15) is 9.59 Å². The van der Waals surface area contributed by atoms with Gasteiger partial charge in [-0.15, -0.1) is 0 Å². The lowest BCUT2D eigenvalue weighted by Crippen LogP contribution is -2.45. The molecule has 2 N–H and O–H groups in total. The van der Waals surface area contributed by atoms with Gasteiger partial charge in [-0.1, -0.05) is 0 Å². The molecule has 1 aliphatic carbocycles. The number of nitrogens with one attached hydrogen (secondary N) is 1. The number of pyridine rings is 1. The predicted molar refractivity (Wildman–Crippen MR) is 94.9 cm³/mol.